The third-order valence-corrected chi connectivity index (χ3v) is 2.34. The largest absolute Gasteiger partial charge is 0.462 e. The number of carbonyl (C=O) groups is 1. The third-order valence-electron chi connectivity index (χ3n) is 2.34. The van der Waals surface area contributed by atoms with E-state index in [1.165, 1.54) is 0 Å². The molecule has 0 radical (unpaired) electrons. The summed E-state index contributed by atoms with van der Waals surface area (Å²) in [7, 11) is 0. The summed E-state index contributed by atoms with van der Waals surface area (Å²) in [4.78, 5) is 11.5. The van der Waals surface area contributed by atoms with Crippen molar-refractivity contribution in [2.45, 2.75) is 32.6 Å². The maximum Gasteiger partial charge on any atom is 0.338 e. The van der Waals surface area contributed by atoms with Gasteiger partial charge in [-0.15, -0.1) is 0 Å². The Bertz CT molecular complexity index is 347. The van der Waals surface area contributed by atoms with Gasteiger partial charge in [-0.3, -0.25) is 0 Å². The van der Waals surface area contributed by atoms with Gasteiger partial charge in [0.2, 0.25) is 6.43 Å². The average Bonchev–Trinajstić information content (AvgIpc) is 2.29. The minimum Gasteiger partial charge on any atom is -0.462 e. The zero-order valence-electron chi connectivity index (χ0n) is 9.79. The topological polar surface area (TPSA) is 26.3 Å². The number of unbranched alkanes of at least 4 members (excludes halogenated alkanes) is 1. The Labute approximate surface area is 99.6 Å². The molecule has 0 aliphatic heterocycles. The molecule has 0 bridgehead atoms. The van der Waals surface area contributed by atoms with Crippen molar-refractivity contribution in [3.63, 3.8) is 0 Å². The van der Waals surface area contributed by atoms with Crippen molar-refractivity contribution in [1.82, 2.24) is 0 Å². The summed E-state index contributed by atoms with van der Waals surface area (Å²) in [6.07, 6.45) is -1.56. The molecule has 1 rings (SSSR count). The second-order valence-electron chi connectivity index (χ2n) is 3.89. The Morgan fingerprint density at radius 2 is 1.88 bits per heavy atom. The monoisotopic (exact) mass is 242 g/mol. The van der Waals surface area contributed by atoms with Crippen LogP contribution in [0.3, 0.4) is 0 Å². The summed E-state index contributed by atoms with van der Waals surface area (Å²) < 4.78 is 28.6. The average molecular weight is 242 g/mol. The van der Waals surface area contributed by atoms with E-state index in [0.29, 0.717) is 18.4 Å². The molecule has 0 unspecified atom stereocenters. The first-order valence-corrected chi connectivity index (χ1v) is 5.61. The van der Waals surface area contributed by atoms with Gasteiger partial charge in [-0.05, 0) is 31.9 Å². The predicted molar refractivity (Wildman–Crippen MR) is 61.3 cm³/mol. The lowest BCUT2D eigenvalue weighted by atomic mass is 10.1. The second kappa shape index (κ2) is 6.99. The van der Waals surface area contributed by atoms with Crippen molar-refractivity contribution >= 4 is 5.97 Å². The zero-order chi connectivity index (χ0) is 12.7. The lowest BCUT2D eigenvalue weighted by Crippen LogP contribution is -2.06. The van der Waals surface area contributed by atoms with Gasteiger partial charge in [-0.2, -0.15) is 0 Å². The molecule has 0 atom stereocenters. The van der Waals surface area contributed by atoms with Crippen LogP contribution in [0.5, 0.6) is 0 Å². The van der Waals surface area contributed by atoms with E-state index in [9.17, 15) is 13.6 Å². The van der Waals surface area contributed by atoms with E-state index < -0.39 is 12.4 Å². The number of ether oxygens (including phenoxy) is 1. The maximum atomic E-state index is 11.8. The van der Waals surface area contributed by atoms with Gasteiger partial charge in [0.05, 0.1) is 12.2 Å². The van der Waals surface area contributed by atoms with Crippen LogP contribution in [0.15, 0.2) is 24.3 Å². The van der Waals surface area contributed by atoms with Crippen LogP contribution in [0, 0.1) is 6.92 Å². The molecule has 94 valence electrons. The van der Waals surface area contributed by atoms with Crippen LogP contribution >= 0.6 is 0 Å². The summed E-state index contributed by atoms with van der Waals surface area (Å²) in [6.45, 7) is 2.12. The molecular weight excluding hydrogens is 226 g/mol. The van der Waals surface area contributed by atoms with E-state index in [1.54, 1.807) is 12.1 Å². The minimum atomic E-state index is -2.28. The maximum absolute atomic E-state index is 11.8. The van der Waals surface area contributed by atoms with Crippen molar-refractivity contribution in [3.8, 4) is 0 Å². The molecule has 0 N–H and O–H groups in total. The molecule has 1 aromatic rings. The van der Waals surface area contributed by atoms with E-state index in [0.717, 1.165) is 5.56 Å². The number of esters is 1. The summed E-state index contributed by atoms with van der Waals surface area (Å²) in [6, 6.07) is 7.04. The Morgan fingerprint density at radius 1 is 1.24 bits per heavy atom. The number of rotatable bonds is 6. The quantitative estimate of drug-likeness (QED) is 0.563. The van der Waals surface area contributed by atoms with Gasteiger partial charge in [0.25, 0.3) is 0 Å². The number of hydrogen-bond acceptors (Lipinski definition) is 2. The highest BCUT2D eigenvalue weighted by Gasteiger charge is 2.06. The molecule has 4 heteroatoms. The fourth-order valence-corrected chi connectivity index (χ4v) is 1.34. The molecule has 0 amide bonds. The number of aryl methyl sites for hydroxylation is 1. The molecule has 0 aliphatic carbocycles. The number of hydrogen-bond donors (Lipinski definition) is 0. The molecule has 0 fully saturated rings. The van der Waals surface area contributed by atoms with E-state index >= 15 is 0 Å². The summed E-state index contributed by atoms with van der Waals surface area (Å²) in [5.41, 5.74) is 1.56. The zero-order valence-corrected chi connectivity index (χ0v) is 9.79. The fourth-order valence-electron chi connectivity index (χ4n) is 1.34. The first-order valence-electron chi connectivity index (χ1n) is 5.61. The van der Waals surface area contributed by atoms with E-state index in [1.807, 2.05) is 19.1 Å². The summed E-state index contributed by atoms with van der Waals surface area (Å²) >= 11 is 0. The van der Waals surface area contributed by atoms with Gasteiger partial charge in [0.15, 0.2) is 0 Å². The Kier molecular flexibility index (Phi) is 5.60. The normalized spacial score (nSPS) is 10.6. The highest BCUT2D eigenvalue weighted by Crippen LogP contribution is 2.08. The van der Waals surface area contributed by atoms with Crippen LogP contribution in [-0.4, -0.2) is 19.0 Å². The number of benzene rings is 1. The van der Waals surface area contributed by atoms with Crippen molar-refractivity contribution in [2.75, 3.05) is 6.61 Å². The second-order valence-corrected chi connectivity index (χ2v) is 3.89. The standard InChI is InChI=1S/C13H16F2O2/c1-10-5-7-11(8-6-10)13(16)17-9-3-2-4-12(14)15/h5-8,12H,2-4,9H2,1H3. The van der Waals surface area contributed by atoms with Crippen LogP contribution in [0.25, 0.3) is 0 Å². The smallest absolute Gasteiger partial charge is 0.338 e. The predicted octanol–water partition coefficient (Wildman–Crippen LogP) is 3.59. The molecule has 1 aromatic carbocycles. The summed E-state index contributed by atoms with van der Waals surface area (Å²) in [5.74, 6) is -0.401. The molecule has 0 aliphatic rings. The Morgan fingerprint density at radius 3 is 2.47 bits per heavy atom. The van der Waals surface area contributed by atoms with E-state index in [4.69, 9.17) is 4.74 Å². The Balaban J connectivity index is 2.23. The van der Waals surface area contributed by atoms with Crippen LogP contribution in [-0.2, 0) is 4.74 Å². The molecule has 2 nitrogen and oxygen atoms in total. The highest BCUT2D eigenvalue weighted by atomic mass is 19.3. The van der Waals surface area contributed by atoms with Gasteiger partial charge in [-0.1, -0.05) is 17.7 Å². The Hall–Kier alpha value is -1.45. The molecule has 0 spiro atoms. The highest BCUT2D eigenvalue weighted by molar-refractivity contribution is 5.89. The molecule has 0 saturated heterocycles. The summed E-state index contributed by atoms with van der Waals surface area (Å²) in [5, 5.41) is 0. The molecule has 0 saturated carbocycles. The van der Waals surface area contributed by atoms with Gasteiger partial charge in [0, 0.05) is 6.42 Å². The molecular formula is C13H16F2O2. The number of carbonyl (C=O) groups excluding carboxylic acids is 1. The van der Waals surface area contributed by atoms with Gasteiger partial charge in [0.1, 0.15) is 0 Å². The van der Waals surface area contributed by atoms with Gasteiger partial charge in [-0.25, -0.2) is 13.6 Å². The SMILES string of the molecule is Cc1ccc(C(=O)OCCCCC(F)F)cc1. The van der Waals surface area contributed by atoms with E-state index in [2.05, 4.69) is 0 Å². The number of alkyl halides is 2. The van der Waals surface area contributed by atoms with Crippen LogP contribution in [0.4, 0.5) is 8.78 Å². The third kappa shape index (κ3) is 5.43. The molecule has 0 heterocycles. The lowest BCUT2D eigenvalue weighted by Gasteiger charge is -2.05. The lowest BCUT2D eigenvalue weighted by molar-refractivity contribution is 0.0491. The number of halogens is 2. The van der Waals surface area contributed by atoms with Crippen molar-refractivity contribution in [1.29, 1.82) is 0 Å². The van der Waals surface area contributed by atoms with Gasteiger partial charge < -0.3 is 4.74 Å². The van der Waals surface area contributed by atoms with Crippen LogP contribution < -0.4 is 0 Å². The minimum absolute atomic E-state index is 0.137. The van der Waals surface area contributed by atoms with Crippen molar-refractivity contribution in [2.24, 2.45) is 0 Å². The molecule has 17 heavy (non-hydrogen) atoms. The van der Waals surface area contributed by atoms with Crippen molar-refractivity contribution < 1.29 is 18.3 Å². The van der Waals surface area contributed by atoms with E-state index in [-0.39, 0.29) is 13.0 Å². The fraction of sp³-hybridized carbons (Fsp3) is 0.462. The van der Waals surface area contributed by atoms with Gasteiger partial charge >= 0.3 is 5.97 Å². The van der Waals surface area contributed by atoms with Crippen LogP contribution in [0.1, 0.15) is 35.2 Å². The van der Waals surface area contributed by atoms with Crippen molar-refractivity contribution in [3.05, 3.63) is 35.4 Å². The molecule has 0 aromatic heterocycles. The first-order chi connectivity index (χ1) is 8.09. The first kappa shape index (κ1) is 13.6. The van der Waals surface area contributed by atoms with Crippen LogP contribution in [0.2, 0.25) is 0 Å².